The van der Waals surface area contributed by atoms with Gasteiger partial charge in [0.15, 0.2) is 5.83 Å². The molecular weight excluding hydrogens is 175 g/mol. The van der Waals surface area contributed by atoms with Crippen LogP contribution in [0.4, 0.5) is 4.39 Å². The maximum absolute atomic E-state index is 12.2. The largest absolute Gasteiger partial charge is 0.477 e. The molecule has 1 atom stereocenters. The Morgan fingerprint density at radius 2 is 2.55 bits per heavy atom. The molecule has 0 radical (unpaired) electrons. The van der Waals surface area contributed by atoms with Crippen LogP contribution in [0, 0.1) is 0 Å². The average molecular weight is 179 g/mol. The van der Waals surface area contributed by atoms with Crippen LogP contribution >= 0.6 is 11.6 Å². The van der Waals surface area contributed by atoms with E-state index in [1.165, 1.54) is 0 Å². The second kappa shape index (κ2) is 2.50. The lowest BCUT2D eigenvalue weighted by Crippen LogP contribution is -2.44. The molecule has 0 fully saturated rings. The van der Waals surface area contributed by atoms with Crippen LogP contribution in [-0.2, 0) is 4.79 Å². The minimum atomic E-state index is -1.95. The molecule has 0 aromatic rings. The van der Waals surface area contributed by atoms with Crippen molar-refractivity contribution in [1.29, 1.82) is 0 Å². The van der Waals surface area contributed by atoms with Crippen LogP contribution in [0.5, 0.6) is 0 Å². The van der Waals surface area contributed by atoms with E-state index in [-0.39, 0.29) is 0 Å². The number of halogens is 2. The molecule has 60 valence electrons. The number of aliphatic carboxylic acids is 1. The van der Waals surface area contributed by atoms with Gasteiger partial charge in [0.25, 0.3) is 0 Å². The number of rotatable bonds is 1. The summed E-state index contributed by atoms with van der Waals surface area (Å²) in [6, 6.07) is 0. The highest BCUT2D eigenvalue weighted by atomic mass is 35.5. The molecule has 1 rings (SSSR count). The number of hydrogen-bond acceptors (Lipinski definition) is 3. The molecular formula is C5H4ClFN2O2. The van der Waals surface area contributed by atoms with Gasteiger partial charge >= 0.3 is 11.1 Å². The molecule has 0 saturated carbocycles. The van der Waals surface area contributed by atoms with Crippen molar-refractivity contribution in [3.63, 3.8) is 0 Å². The third kappa shape index (κ3) is 1.48. The molecule has 4 nitrogen and oxygen atoms in total. The number of allylic oxidation sites excluding steroid dienone is 1. The molecule has 0 aromatic heterocycles. The Balaban J connectivity index is 2.82. The van der Waals surface area contributed by atoms with E-state index >= 15 is 0 Å². The Labute approximate surface area is 66.4 Å². The van der Waals surface area contributed by atoms with Crippen molar-refractivity contribution in [3.05, 3.63) is 12.0 Å². The molecule has 11 heavy (non-hydrogen) atoms. The van der Waals surface area contributed by atoms with Gasteiger partial charge < -0.3 is 10.4 Å². The molecule has 2 N–H and O–H groups in total. The first-order chi connectivity index (χ1) is 5.04. The van der Waals surface area contributed by atoms with E-state index in [1.807, 2.05) is 0 Å². The Hall–Kier alpha value is -1.10. The van der Waals surface area contributed by atoms with Crippen molar-refractivity contribution in [2.24, 2.45) is 4.99 Å². The van der Waals surface area contributed by atoms with E-state index in [0.29, 0.717) is 0 Å². The van der Waals surface area contributed by atoms with Crippen LogP contribution in [0.15, 0.2) is 17.0 Å². The first kappa shape index (κ1) is 8.00. The summed E-state index contributed by atoms with van der Waals surface area (Å²) in [6.45, 7) is 0. The highest BCUT2D eigenvalue weighted by Gasteiger charge is 2.35. The molecule has 0 spiro atoms. The Morgan fingerprint density at radius 1 is 1.91 bits per heavy atom. The number of nitrogens with one attached hydrogen (secondary N) is 1. The molecule has 1 heterocycles. The molecule has 1 unspecified atom stereocenters. The third-order valence-electron chi connectivity index (χ3n) is 1.05. The van der Waals surface area contributed by atoms with Gasteiger partial charge in [-0.3, -0.25) is 0 Å². The lowest BCUT2D eigenvalue weighted by molar-refractivity contribution is -0.140. The summed E-state index contributed by atoms with van der Waals surface area (Å²) in [4.78, 5) is 13.6. The van der Waals surface area contributed by atoms with Gasteiger partial charge in [-0.15, -0.1) is 0 Å². The molecule has 1 aliphatic rings. The maximum atomic E-state index is 12.2. The number of alkyl halides is 1. The Kier molecular flexibility index (Phi) is 1.82. The number of hydrogen-bond donors (Lipinski definition) is 2. The van der Waals surface area contributed by atoms with Crippen LogP contribution in [0.1, 0.15) is 0 Å². The van der Waals surface area contributed by atoms with Gasteiger partial charge in [-0.25, -0.2) is 14.2 Å². The smallest absolute Gasteiger partial charge is 0.369 e. The molecule has 0 saturated heterocycles. The highest BCUT2D eigenvalue weighted by Crippen LogP contribution is 2.17. The fourth-order valence-electron chi connectivity index (χ4n) is 0.507. The van der Waals surface area contributed by atoms with E-state index in [2.05, 4.69) is 10.3 Å². The number of nitrogens with zero attached hydrogens (tertiary/aromatic N) is 1. The topological polar surface area (TPSA) is 61.7 Å². The van der Waals surface area contributed by atoms with Gasteiger partial charge in [0.2, 0.25) is 0 Å². The first-order valence-electron chi connectivity index (χ1n) is 2.65. The molecule has 0 aliphatic carbocycles. The van der Waals surface area contributed by atoms with Crippen molar-refractivity contribution in [2.45, 2.75) is 5.12 Å². The van der Waals surface area contributed by atoms with Gasteiger partial charge in [0.1, 0.15) is 0 Å². The summed E-state index contributed by atoms with van der Waals surface area (Å²) in [5, 5.41) is 8.55. The standard InChI is InChI=1S/C5H4ClFN2O2/c6-5(4(10)11)8-1-3(7)2-9-5/h1-2,8H,(H,10,11). The van der Waals surface area contributed by atoms with Crippen molar-refractivity contribution >= 4 is 23.8 Å². The minimum absolute atomic E-state index is 0.664. The van der Waals surface area contributed by atoms with Crippen molar-refractivity contribution < 1.29 is 14.3 Å². The Bertz CT molecular complexity index is 253. The van der Waals surface area contributed by atoms with E-state index in [4.69, 9.17) is 16.7 Å². The third-order valence-corrected chi connectivity index (χ3v) is 1.42. The van der Waals surface area contributed by atoms with E-state index < -0.39 is 16.9 Å². The Morgan fingerprint density at radius 3 is 2.91 bits per heavy atom. The fraction of sp³-hybridized carbons (Fsp3) is 0.200. The lowest BCUT2D eigenvalue weighted by atomic mass is 10.4. The monoisotopic (exact) mass is 178 g/mol. The summed E-state index contributed by atoms with van der Waals surface area (Å²) in [7, 11) is 0. The van der Waals surface area contributed by atoms with E-state index in [0.717, 1.165) is 12.4 Å². The second-order valence-electron chi connectivity index (χ2n) is 1.86. The summed E-state index contributed by atoms with van der Waals surface area (Å²) < 4.78 is 12.2. The summed E-state index contributed by atoms with van der Waals surface area (Å²) >= 11 is 5.36. The zero-order chi connectivity index (χ0) is 8.48. The van der Waals surface area contributed by atoms with Crippen LogP contribution in [-0.4, -0.2) is 22.4 Å². The predicted octanol–water partition coefficient (Wildman–Crippen LogP) is 0.448. The van der Waals surface area contributed by atoms with Crippen molar-refractivity contribution in [3.8, 4) is 0 Å². The summed E-state index contributed by atoms with van der Waals surface area (Å²) in [6.07, 6.45) is 1.59. The summed E-state index contributed by atoms with van der Waals surface area (Å²) in [5.74, 6) is -2.04. The number of carboxylic acid groups (broad SMARTS) is 1. The molecule has 0 aromatic carbocycles. The summed E-state index contributed by atoms with van der Waals surface area (Å²) in [5.41, 5.74) is 0. The fourth-order valence-corrected chi connectivity index (χ4v) is 0.610. The lowest BCUT2D eigenvalue weighted by Gasteiger charge is -2.19. The molecule has 0 bridgehead atoms. The molecule has 0 amide bonds. The van der Waals surface area contributed by atoms with Crippen LogP contribution in [0.3, 0.4) is 0 Å². The van der Waals surface area contributed by atoms with Gasteiger partial charge in [-0.05, 0) is 0 Å². The highest BCUT2D eigenvalue weighted by molar-refractivity contribution is 6.33. The number of aliphatic imine (C=N–C) groups is 1. The maximum Gasteiger partial charge on any atom is 0.369 e. The minimum Gasteiger partial charge on any atom is -0.477 e. The van der Waals surface area contributed by atoms with Gasteiger partial charge in [-0.2, -0.15) is 0 Å². The average Bonchev–Trinajstić information content (AvgIpc) is 1.95. The zero-order valence-corrected chi connectivity index (χ0v) is 5.97. The zero-order valence-electron chi connectivity index (χ0n) is 5.21. The quantitative estimate of drug-likeness (QED) is 0.453. The predicted molar refractivity (Wildman–Crippen MR) is 37.0 cm³/mol. The number of carboxylic acids is 1. The van der Waals surface area contributed by atoms with Crippen LogP contribution in [0.2, 0.25) is 0 Å². The molecule has 1 aliphatic heterocycles. The van der Waals surface area contributed by atoms with Crippen LogP contribution < -0.4 is 5.32 Å². The number of carbonyl (C=O) groups is 1. The second-order valence-corrected chi connectivity index (χ2v) is 2.41. The first-order valence-corrected chi connectivity index (χ1v) is 3.03. The van der Waals surface area contributed by atoms with E-state index in [1.54, 1.807) is 0 Å². The van der Waals surface area contributed by atoms with Crippen molar-refractivity contribution in [1.82, 2.24) is 5.32 Å². The van der Waals surface area contributed by atoms with Gasteiger partial charge in [-0.1, -0.05) is 11.6 Å². The molecule has 6 heteroatoms. The van der Waals surface area contributed by atoms with Crippen molar-refractivity contribution in [2.75, 3.05) is 0 Å². The van der Waals surface area contributed by atoms with Gasteiger partial charge in [0, 0.05) is 6.20 Å². The van der Waals surface area contributed by atoms with E-state index in [9.17, 15) is 9.18 Å². The van der Waals surface area contributed by atoms with Gasteiger partial charge in [0.05, 0.1) is 6.21 Å². The normalized spacial score (nSPS) is 29.1. The SMILES string of the molecule is O=C(O)C1(Cl)N=CC(F)=CN1. The van der Waals surface area contributed by atoms with Crippen LogP contribution in [0.25, 0.3) is 0 Å².